The molecule has 1 aliphatic rings. The van der Waals surface area contributed by atoms with E-state index in [1.165, 1.54) is 0 Å². The topological polar surface area (TPSA) is 12.0 Å². The van der Waals surface area contributed by atoms with E-state index in [0.717, 1.165) is 26.2 Å². The summed E-state index contributed by atoms with van der Waals surface area (Å²) in [6.45, 7) is 0. The van der Waals surface area contributed by atoms with Gasteiger partial charge in [0.2, 0.25) is 0 Å². The van der Waals surface area contributed by atoms with Crippen LogP contribution >= 0.6 is 46.6 Å². The molecule has 0 unspecified atom stereocenters. The van der Waals surface area contributed by atoms with Gasteiger partial charge in [0.05, 0.1) is 21.4 Å². The van der Waals surface area contributed by atoms with Crippen LogP contribution in [0.2, 0.25) is 15.1 Å². The van der Waals surface area contributed by atoms with Crippen molar-refractivity contribution >= 4 is 57.9 Å². The van der Waals surface area contributed by atoms with Gasteiger partial charge in [0.25, 0.3) is 0 Å². The lowest BCUT2D eigenvalue weighted by Crippen LogP contribution is -1.99. The zero-order chi connectivity index (χ0) is 12.0. The van der Waals surface area contributed by atoms with Gasteiger partial charge < -0.3 is 5.32 Å². The SMILES string of the molecule is Clc1ccc2c(c1)Sc1cc(Cl)c(Cl)cc1N2. The standard InChI is InChI=1S/C12H6Cl3NS/c13-6-1-2-9-11(3-6)17-12-5-8(15)7(14)4-10(12)16-9/h1-5,16H. The van der Waals surface area contributed by atoms with E-state index in [-0.39, 0.29) is 0 Å². The molecule has 0 fully saturated rings. The second-order valence-electron chi connectivity index (χ2n) is 3.63. The van der Waals surface area contributed by atoms with Crippen molar-refractivity contribution < 1.29 is 0 Å². The molecule has 0 aliphatic carbocycles. The van der Waals surface area contributed by atoms with Gasteiger partial charge in [-0.15, -0.1) is 0 Å². The Hall–Kier alpha value is -0.540. The summed E-state index contributed by atoms with van der Waals surface area (Å²) in [7, 11) is 0. The first-order chi connectivity index (χ1) is 8.13. The first kappa shape index (κ1) is 11.5. The van der Waals surface area contributed by atoms with Crippen molar-refractivity contribution in [1.82, 2.24) is 0 Å². The molecular formula is C12H6Cl3NS. The molecule has 5 heteroatoms. The molecule has 1 aliphatic heterocycles. The Morgan fingerprint density at radius 3 is 2.35 bits per heavy atom. The summed E-state index contributed by atoms with van der Waals surface area (Å²) < 4.78 is 0. The zero-order valence-electron chi connectivity index (χ0n) is 8.43. The molecule has 0 atom stereocenters. The largest absolute Gasteiger partial charge is 0.354 e. The molecule has 0 saturated carbocycles. The van der Waals surface area contributed by atoms with Gasteiger partial charge in [0, 0.05) is 14.8 Å². The van der Waals surface area contributed by atoms with Gasteiger partial charge >= 0.3 is 0 Å². The summed E-state index contributed by atoms with van der Waals surface area (Å²) in [6, 6.07) is 9.44. The first-order valence-corrected chi connectivity index (χ1v) is 6.82. The number of anilines is 2. The van der Waals surface area contributed by atoms with Gasteiger partial charge in [-0.2, -0.15) is 0 Å². The number of benzene rings is 2. The van der Waals surface area contributed by atoms with Crippen molar-refractivity contribution in [1.29, 1.82) is 0 Å². The lowest BCUT2D eigenvalue weighted by atomic mass is 10.2. The van der Waals surface area contributed by atoms with E-state index in [0.29, 0.717) is 10.0 Å². The van der Waals surface area contributed by atoms with E-state index in [9.17, 15) is 0 Å². The minimum Gasteiger partial charge on any atom is -0.354 e. The van der Waals surface area contributed by atoms with Crippen LogP contribution in [-0.2, 0) is 0 Å². The molecule has 1 heterocycles. The quantitative estimate of drug-likeness (QED) is 0.558. The minimum absolute atomic E-state index is 0.552. The maximum absolute atomic E-state index is 6.00. The number of nitrogens with one attached hydrogen (secondary N) is 1. The van der Waals surface area contributed by atoms with Crippen molar-refractivity contribution in [2.45, 2.75) is 9.79 Å². The van der Waals surface area contributed by atoms with Crippen LogP contribution < -0.4 is 5.32 Å². The summed E-state index contributed by atoms with van der Waals surface area (Å²) in [5.74, 6) is 0. The Labute approximate surface area is 118 Å². The highest BCUT2D eigenvalue weighted by molar-refractivity contribution is 7.99. The Morgan fingerprint density at radius 1 is 0.824 bits per heavy atom. The third-order valence-electron chi connectivity index (χ3n) is 2.46. The molecule has 0 aromatic heterocycles. The van der Waals surface area contributed by atoms with Crippen LogP contribution in [0.5, 0.6) is 0 Å². The molecule has 86 valence electrons. The molecule has 3 rings (SSSR count). The van der Waals surface area contributed by atoms with Crippen LogP contribution in [0.15, 0.2) is 40.1 Å². The predicted molar refractivity (Wildman–Crippen MR) is 75.3 cm³/mol. The van der Waals surface area contributed by atoms with Crippen LogP contribution in [0, 0.1) is 0 Å². The summed E-state index contributed by atoms with van der Waals surface area (Å²) >= 11 is 19.6. The normalized spacial score (nSPS) is 12.6. The second kappa shape index (κ2) is 4.29. The summed E-state index contributed by atoms with van der Waals surface area (Å²) in [6.07, 6.45) is 0. The van der Waals surface area contributed by atoms with Crippen molar-refractivity contribution in [3.05, 3.63) is 45.4 Å². The molecule has 0 spiro atoms. The monoisotopic (exact) mass is 301 g/mol. The van der Waals surface area contributed by atoms with Crippen LogP contribution in [-0.4, -0.2) is 0 Å². The van der Waals surface area contributed by atoms with Crippen LogP contribution in [0.25, 0.3) is 0 Å². The highest BCUT2D eigenvalue weighted by atomic mass is 35.5. The Balaban J connectivity index is 2.11. The molecule has 0 amide bonds. The average molecular weight is 303 g/mol. The summed E-state index contributed by atoms with van der Waals surface area (Å²) in [5, 5.41) is 5.15. The van der Waals surface area contributed by atoms with E-state index in [1.807, 2.05) is 30.3 Å². The Morgan fingerprint density at radius 2 is 1.53 bits per heavy atom. The molecule has 1 nitrogen and oxygen atoms in total. The van der Waals surface area contributed by atoms with Crippen LogP contribution in [0.3, 0.4) is 0 Å². The van der Waals surface area contributed by atoms with Gasteiger partial charge in [-0.05, 0) is 30.3 Å². The summed E-state index contributed by atoms with van der Waals surface area (Å²) in [4.78, 5) is 2.14. The fraction of sp³-hybridized carbons (Fsp3) is 0. The van der Waals surface area contributed by atoms with E-state index in [2.05, 4.69) is 5.32 Å². The third-order valence-corrected chi connectivity index (χ3v) is 4.53. The average Bonchev–Trinajstić information content (AvgIpc) is 2.28. The molecule has 2 aromatic rings. The number of hydrogen-bond acceptors (Lipinski definition) is 2. The molecular weight excluding hydrogens is 297 g/mol. The lowest BCUT2D eigenvalue weighted by Gasteiger charge is -2.21. The number of fused-ring (bicyclic) bond motifs is 2. The minimum atomic E-state index is 0.552. The smallest absolute Gasteiger partial charge is 0.0613 e. The second-order valence-corrected chi connectivity index (χ2v) is 5.96. The van der Waals surface area contributed by atoms with Crippen molar-refractivity contribution in [2.75, 3.05) is 5.32 Å². The van der Waals surface area contributed by atoms with Crippen molar-refractivity contribution in [3.8, 4) is 0 Å². The van der Waals surface area contributed by atoms with Crippen LogP contribution in [0.4, 0.5) is 11.4 Å². The number of hydrogen-bond donors (Lipinski definition) is 1. The predicted octanol–water partition coefficient (Wildman–Crippen LogP) is 5.86. The lowest BCUT2D eigenvalue weighted by molar-refractivity contribution is 1.31. The van der Waals surface area contributed by atoms with E-state index < -0.39 is 0 Å². The van der Waals surface area contributed by atoms with Gasteiger partial charge in [-0.3, -0.25) is 0 Å². The fourth-order valence-corrected chi connectivity index (χ4v) is 3.34. The maximum atomic E-state index is 6.00. The molecule has 1 N–H and O–H groups in total. The van der Waals surface area contributed by atoms with E-state index in [1.54, 1.807) is 11.8 Å². The van der Waals surface area contributed by atoms with Gasteiger partial charge in [0.15, 0.2) is 0 Å². The van der Waals surface area contributed by atoms with Gasteiger partial charge in [0.1, 0.15) is 0 Å². The number of halogens is 3. The van der Waals surface area contributed by atoms with Crippen molar-refractivity contribution in [3.63, 3.8) is 0 Å². The molecule has 0 bridgehead atoms. The summed E-state index contributed by atoms with van der Waals surface area (Å²) in [5.41, 5.74) is 2.00. The third kappa shape index (κ3) is 2.11. The zero-order valence-corrected chi connectivity index (χ0v) is 11.5. The Kier molecular flexibility index (Phi) is 2.91. The molecule has 0 saturated heterocycles. The van der Waals surface area contributed by atoms with Gasteiger partial charge in [-0.1, -0.05) is 46.6 Å². The highest BCUT2D eigenvalue weighted by Crippen LogP contribution is 2.47. The fourth-order valence-electron chi connectivity index (χ4n) is 1.66. The molecule has 17 heavy (non-hydrogen) atoms. The molecule has 2 aromatic carbocycles. The van der Waals surface area contributed by atoms with Gasteiger partial charge in [-0.25, -0.2) is 0 Å². The maximum Gasteiger partial charge on any atom is 0.0613 e. The van der Waals surface area contributed by atoms with E-state index >= 15 is 0 Å². The first-order valence-electron chi connectivity index (χ1n) is 4.87. The van der Waals surface area contributed by atoms with Crippen molar-refractivity contribution in [2.24, 2.45) is 0 Å². The van der Waals surface area contributed by atoms with Crippen LogP contribution in [0.1, 0.15) is 0 Å². The Bertz CT molecular complexity index is 613. The van der Waals surface area contributed by atoms with E-state index in [4.69, 9.17) is 34.8 Å². The molecule has 0 radical (unpaired) electrons. The number of rotatable bonds is 0. The highest BCUT2D eigenvalue weighted by Gasteiger charge is 2.17.